The Morgan fingerprint density at radius 1 is 1.33 bits per heavy atom. The van der Waals surface area contributed by atoms with Gasteiger partial charge < -0.3 is 19.9 Å². The SMILES string of the molecule is CO[C@H](C)C(O)C(=O)N[C@@H](C)C(=O)N1CCC[C@@H](C(=O)OCC(Cl)(Cl)Cl)N1. The van der Waals surface area contributed by atoms with Crippen LogP contribution < -0.4 is 10.7 Å². The van der Waals surface area contributed by atoms with Crippen LogP contribution in [0.4, 0.5) is 0 Å². The van der Waals surface area contributed by atoms with Crippen LogP contribution in [-0.4, -0.2) is 76.2 Å². The van der Waals surface area contributed by atoms with Crippen molar-refractivity contribution in [2.45, 2.75) is 54.8 Å². The Morgan fingerprint density at radius 3 is 2.52 bits per heavy atom. The van der Waals surface area contributed by atoms with Gasteiger partial charge in [0, 0.05) is 13.7 Å². The number of hydrazine groups is 1. The summed E-state index contributed by atoms with van der Waals surface area (Å²) in [6, 6.07) is -1.71. The van der Waals surface area contributed by atoms with Crippen molar-refractivity contribution in [2.24, 2.45) is 0 Å². The molecule has 0 aliphatic carbocycles. The van der Waals surface area contributed by atoms with Crippen LogP contribution in [-0.2, 0) is 23.9 Å². The predicted octanol–water partition coefficient (Wildman–Crippen LogP) is 0.296. The van der Waals surface area contributed by atoms with E-state index in [0.717, 1.165) is 0 Å². The monoisotopic (exact) mass is 447 g/mol. The van der Waals surface area contributed by atoms with Gasteiger partial charge in [0.2, 0.25) is 3.79 Å². The van der Waals surface area contributed by atoms with Gasteiger partial charge >= 0.3 is 5.97 Å². The minimum absolute atomic E-state index is 0.338. The molecule has 0 saturated carbocycles. The molecular formula is C15H24Cl3N3O6. The number of esters is 1. The summed E-state index contributed by atoms with van der Waals surface area (Å²) < 4.78 is 8.07. The van der Waals surface area contributed by atoms with E-state index in [9.17, 15) is 19.5 Å². The lowest BCUT2D eigenvalue weighted by Gasteiger charge is -2.34. The number of carbonyl (C=O) groups excluding carboxylic acids is 3. The van der Waals surface area contributed by atoms with Crippen LogP contribution in [0.3, 0.4) is 0 Å². The van der Waals surface area contributed by atoms with E-state index >= 15 is 0 Å². The third kappa shape index (κ3) is 7.97. The van der Waals surface area contributed by atoms with Crippen molar-refractivity contribution < 1.29 is 29.0 Å². The standard InChI is InChI=1S/C15H24Cl3N3O6/c1-8(19-12(23)11(22)9(2)26-3)13(24)21-6-4-5-10(20-21)14(25)27-7-15(16,17)18/h8-11,20,22H,4-7H2,1-3H3,(H,19,23)/t8-,9+,10-,11?/m0/s1. The Morgan fingerprint density at radius 2 is 1.96 bits per heavy atom. The van der Waals surface area contributed by atoms with Gasteiger partial charge in [-0.2, -0.15) is 0 Å². The van der Waals surface area contributed by atoms with Crippen molar-refractivity contribution >= 4 is 52.6 Å². The highest BCUT2D eigenvalue weighted by molar-refractivity contribution is 6.67. The molecular weight excluding hydrogens is 425 g/mol. The summed E-state index contributed by atoms with van der Waals surface area (Å²) in [7, 11) is 1.36. The number of aliphatic hydroxyl groups is 1. The minimum Gasteiger partial charge on any atom is -0.460 e. The molecule has 0 spiro atoms. The second-order valence-corrected chi connectivity index (χ2v) is 8.67. The van der Waals surface area contributed by atoms with E-state index in [1.807, 2.05) is 0 Å². The average molecular weight is 449 g/mol. The van der Waals surface area contributed by atoms with Gasteiger partial charge in [-0.05, 0) is 26.7 Å². The number of nitrogens with zero attached hydrogens (tertiary/aromatic N) is 1. The molecule has 1 saturated heterocycles. The molecule has 0 aromatic carbocycles. The molecule has 1 aliphatic rings. The number of rotatable bonds is 7. The van der Waals surface area contributed by atoms with Crippen LogP contribution in [0.5, 0.6) is 0 Å². The molecule has 156 valence electrons. The first-order chi connectivity index (χ1) is 12.5. The molecule has 0 aromatic heterocycles. The van der Waals surface area contributed by atoms with Crippen LogP contribution in [0.2, 0.25) is 0 Å². The Bertz CT molecular complexity index is 545. The summed E-state index contributed by atoms with van der Waals surface area (Å²) in [5.74, 6) is -1.86. The first-order valence-corrected chi connectivity index (χ1v) is 9.41. The normalized spacial score (nSPS) is 21.1. The first kappa shape index (κ1) is 24.2. The van der Waals surface area contributed by atoms with Crippen molar-refractivity contribution in [1.82, 2.24) is 15.8 Å². The highest BCUT2D eigenvalue weighted by atomic mass is 35.6. The zero-order valence-corrected chi connectivity index (χ0v) is 17.5. The predicted molar refractivity (Wildman–Crippen MR) is 99.2 cm³/mol. The van der Waals surface area contributed by atoms with E-state index in [2.05, 4.69) is 10.7 Å². The van der Waals surface area contributed by atoms with E-state index in [4.69, 9.17) is 44.3 Å². The first-order valence-electron chi connectivity index (χ1n) is 8.28. The number of nitrogens with one attached hydrogen (secondary N) is 2. The molecule has 3 N–H and O–H groups in total. The van der Waals surface area contributed by atoms with Gasteiger partial charge in [0.1, 0.15) is 18.7 Å². The van der Waals surface area contributed by atoms with Crippen LogP contribution in [0.1, 0.15) is 26.7 Å². The summed E-state index contributed by atoms with van der Waals surface area (Å²) in [5, 5.41) is 13.4. The van der Waals surface area contributed by atoms with Gasteiger partial charge in [-0.25, -0.2) is 5.43 Å². The van der Waals surface area contributed by atoms with Gasteiger partial charge in [0.25, 0.3) is 11.8 Å². The lowest BCUT2D eigenvalue weighted by Crippen LogP contribution is -2.60. The molecule has 1 fully saturated rings. The molecule has 12 heteroatoms. The van der Waals surface area contributed by atoms with Crippen molar-refractivity contribution in [1.29, 1.82) is 0 Å². The Hall–Kier alpha value is -0.840. The highest BCUT2D eigenvalue weighted by Gasteiger charge is 2.33. The number of aliphatic hydroxyl groups excluding tert-OH is 1. The van der Waals surface area contributed by atoms with Crippen LogP contribution in [0, 0.1) is 0 Å². The number of alkyl halides is 3. The second kappa shape index (κ2) is 10.6. The van der Waals surface area contributed by atoms with Crippen molar-refractivity contribution in [3.05, 3.63) is 0 Å². The smallest absolute Gasteiger partial charge is 0.325 e. The Balaban J connectivity index is 2.59. The Kier molecular flexibility index (Phi) is 9.53. The summed E-state index contributed by atoms with van der Waals surface area (Å²) in [6.07, 6.45) is -1.16. The van der Waals surface area contributed by atoms with Crippen LogP contribution >= 0.6 is 34.8 Å². The van der Waals surface area contributed by atoms with Crippen molar-refractivity contribution in [3.8, 4) is 0 Å². The van der Waals surface area contributed by atoms with E-state index in [1.54, 1.807) is 0 Å². The van der Waals surface area contributed by atoms with Gasteiger partial charge in [-0.3, -0.25) is 19.4 Å². The van der Waals surface area contributed by atoms with E-state index in [0.29, 0.717) is 19.4 Å². The van der Waals surface area contributed by atoms with Crippen molar-refractivity contribution in [3.63, 3.8) is 0 Å². The third-order valence-electron chi connectivity index (χ3n) is 3.93. The number of hydrogen-bond acceptors (Lipinski definition) is 7. The highest BCUT2D eigenvalue weighted by Crippen LogP contribution is 2.26. The number of carbonyl (C=O) groups is 3. The van der Waals surface area contributed by atoms with Gasteiger partial charge in [0.15, 0.2) is 6.10 Å². The maximum absolute atomic E-state index is 12.5. The summed E-state index contributed by atoms with van der Waals surface area (Å²) >= 11 is 16.6. The number of halogens is 3. The maximum Gasteiger partial charge on any atom is 0.325 e. The molecule has 0 aromatic rings. The lowest BCUT2D eigenvalue weighted by atomic mass is 10.1. The zero-order chi connectivity index (χ0) is 20.8. The fraction of sp³-hybridized carbons (Fsp3) is 0.800. The number of methoxy groups -OCH3 is 1. The summed E-state index contributed by atoms with van der Waals surface area (Å²) in [4.78, 5) is 36.5. The van der Waals surface area contributed by atoms with Gasteiger partial charge in [0.05, 0.1) is 6.10 Å². The quantitative estimate of drug-likeness (QED) is 0.379. The molecule has 4 atom stereocenters. The van der Waals surface area contributed by atoms with Crippen molar-refractivity contribution in [2.75, 3.05) is 20.3 Å². The maximum atomic E-state index is 12.5. The Labute approximate surface area is 172 Å². The molecule has 1 heterocycles. The minimum atomic E-state index is -1.72. The van der Waals surface area contributed by atoms with E-state index in [-0.39, 0.29) is 0 Å². The summed E-state index contributed by atoms with van der Waals surface area (Å²) in [6.45, 7) is 2.92. The zero-order valence-electron chi connectivity index (χ0n) is 15.2. The molecule has 0 radical (unpaired) electrons. The topological polar surface area (TPSA) is 117 Å². The molecule has 1 aliphatic heterocycles. The molecule has 1 rings (SSSR count). The number of ether oxygens (including phenoxy) is 2. The molecule has 1 unspecified atom stereocenters. The number of amides is 2. The average Bonchev–Trinajstić information content (AvgIpc) is 2.63. The van der Waals surface area contributed by atoms with Gasteiger partial charge in [-0.15, -0.1) is 0 Å². The van der Waals surface area contributed by atoms with Crippen LogP contribution in [0.15, 0.2) is 0 Å². The lowest BCUT2D eigenvalue weighted by molar-refractivity contribution is -0.153. The fourth-order valence-corrected chi connectivity index (χ4v) is 2.47. The second-order valence-electron chi connectivity index (χ2n) is 6.15. The largest absolute Gasteiger partial charge is 0.460 e. The van der Waals surface area contributed by atoms with E-state index in [1.165, 1.54) is 26.0 Å². The fourth-order valence-electron chi connectivity index (χ4n) is 2.30. The molecule has 9 nitrogen and oxygen atoms in total. The van der Waals surface area contributed by atoms with E-state index < -0.39 is 52.5 Å². The van der Waals surface area contributed by atoms with Crippen LogP contribution in [0.25, 0.3) is 0 Å². The third-order valence-corrected chi connectivity index (χ3v) is 4.26. The molecule has 0 bridgehead atoms. The summed E-state index contributed by atoms with van der Waals surface area (Å²) in [5.41, 5.74) is 2.75. The molecule has 2 amide bonds. The van der Waals surface area contributed by atoms with Gasteiger partial charge in [-0.1, -0.05) is 34.8 Å². The number of hydrogen-bond donors (Lipinski definition) is 3. The molecule has 27 heavy (non-hydrogen) atoms.